The van der Waals surface area contributed by atoms with Crippen molar-refractivity contribution in [2.24, 2.45) is 0 Å². The van der Waals surface area contributed by atoms with E-state index in [4.69, 9.17) is 11.2 Å². The molecule has 1 fully saturated rings. The number of ether oxygens (including phenoxy) is 1. The molecule has 0 spiro atoms. The first kappa shape index (κ1) is 20.1. The van der Waals surface area contributed by atoms with Crippen LogP contribution in [-0.4, -0.2) is 51.2 Å². The van der Waals surface area contributed by atoms with Gasteiger partial charge in [0.2, 0.25) is 0 Å². The molecule has 1 N–H and O–H groups in total. The lowest BCUT2D eigenvalue weighted by Crippen LogP contribution is -2.48. The molecule has 1 aromatic heterocycles. The SMILES string of the molecule is C#Cc1nn(C2(C)CCCN2C(=O)O)c(N(C)C(=O)OC(C)(C)C)c1C#N. The fraction of sp³-hybridized carbons (Fsp3) is 0.556. The Balaban J connectivity index is 2.65. The summed E-state index contributed by atoms with van der Waals surface area (Å²) in [6.07, 6.45) is 4.75. The number of rotatable bonds is 2. The second-order valence-electron chi connectivity index (χ2n) is 7.51. The molecule has 0 saturated carbocycles. The van der Waals surface area contributed by atoms with Crippen LogP contribution < -0.4 is 4.90 Å². The van der Waals surface area contributed by atoms with Crippen LogP contribution >= 0.6 is 0 Å². The third-order valence-electron chi connectivity index (χ3n) is 4.40. The van der Waals surface area contributed by atoms with Gasteiger partial charge < -0.3 is 9.84 Å². The number of terminal acetylenes is 1. The van der Waals surface area contributed by atoms with Gasteiger partial charge in [-0.2, -0.15) is 10.4 Å². The molecular formula is C18H23N5O4. The van der Waals surface area contributed by atoms with E-state index in [1.165, 1.54) is 16.6 Å². The molecule has 1 aliphatic rings. The summed E-state index contributed by atoms with van der Waals surface area (Å²) < 4.78 is 6.73. The lowest BCUT2D eigenvalue weighted by Gasteiger charge is -2.36. The number of carboxylic acid groups (broad SMARTS) is 1. The molecule has 1 unspecified atom stereocenters. The Morgan fingerprint density at radius 1 is 1.44 bits per heavy atom. The van der Waals surface area contributed by atoms with Crippen molar-refractivity contribution in [2.75, 3.05) is 18.5 Å². The summed E-state index contributed by atoms with van der Waals surface area (Å²) in [5.74, 6) is 2.44. The van der Waals surface area contributed by atoms with E-state index < -0.39 is 23.5 Å². The zero-order valence-electron chi connectivity index (χ0n) is 16.1. The van der Waals surface area contributed by atoms with Gasteiger partial charge in [0, 0.05) is 13.6 Å². The number of likely N-dealkylation sites (tertiary alicyclic amines) is 1. The molecule has 2 amide bonds. The number of carbonyl (C=O) groups excluding carboxylic acids is 1. The molecular weight excluding hydrogens is 350 g/mol. The third-order valence-corrected chi connectivity index (χ3v) is 4.40. The minimum absolute atomic E-state index is 0.0179. The highest BCUT2D eigenvalue weighted by molar-refractivity contribution is 5.88. The summed E-state index contributed by atoms with van der Waals surface area (Å²) in [5.41, 5.74) is -1.77. The smallest absolute Gasteiger partial charge is 0.415 e. The summed E-state index contributed by atoms with van der Waals surface area (Å²) in [7, 11) is 1.44. The molecule has 27 heavy (non-hydrogen) atoms. The topological polar surface area (TPSA) is 112 Å². The molecule has 2 rings (SSSR count). The Labute approximate surface area is 158 Å². The maximum Gasteiger partial charge on any atom is 0.415 e. The Kier molecular flexibility index (Phi) is 5.10. The molecule has 1 aromatic rings. The number of hydrogen-bond donors (Lipinski definition) is 1. The minimum Gasteiger partial charge on any atom is -0.465 e. The number of amides is 2. The summed E-state index contributed by atoms with van der Waals surface area (Å²) in [5, 5.41) is 23.5. The first-order valence-corrected chi connectivity index (χ1v) is 8.43. The highest BCUT2D eigenvalue weighted by Crippen LogP contribution is 2.38. The van der Waals surface area contributed by atoms with Gasteiger partial charge in [-0.1, -0.05) is 0 Å². The maximum atomic E-state index is 12.6. The van der Waals surface area contributed by atoms with Crippen molar-refractivity contribution in [2.45, 2.75) is 51.8 Å². The zero-order chi connectivity index (χ0) is 20.6. The van der Waals surface area contributed by atoms with Gasteiger partial charge in [-0.05, 0) is 46.5 Å². The number of hydrogen-bond acceptors (Lipinski definition) is 5. The Bertz CT molecular complexity index is 855. The van der Waals surface area contributed by atoms with Crippen LogP contribution in [0.25, 0.3) is 0 Å². The molecule has 9 nitrogen and oxygen atoms in total. The van der Waals surface area contributed by atoms with Crippen LogP contribution in [0.15, 0.2) is 0 Å². The van der Waals surface area contributed by atoms with E-state index >= 15 is 0 Å². The van der Waals surface area contributed by atoms with E-state index in [1.54, 1.807) is 27.7 Å². The van der Waals surface area contributed by atoms with Gasteiger partial charge in [0.25, 0.3) is 0 Å². The molecule has 0 aromatic carbocycles. The summed E-state index contributed by atoms with van der Waals surface area (Å²) >= 11 is 0. The first-order chi connectivity index (χ1) is 12.5. The van der Waals surface area contributed by atoms with Crippen molar-refractivity contribution in [1.29, 1.82) is 5.26 Å². The monoisotopic (exact) mass is 373 g/mol. The van der Waals surface area contributed by atoms with E-state index in [0.29, 0.717) is 19.4 Å². The molecule has 0 radical (unpaired) electrons. The molecule has 0 bridgehead atoms. The van der Waals surface area contributed by atoms with Crippen LogP contribution in [0.2, 0.25) is 0 Å². The molecule has 1 saturated heterocycles. The van der Waals surface area contributed by atoms with Crippen molar-refractivity contribution >= 4 is 18.0 Å². The Hall–Kier alpha value is -3.20. The average Bonchev–Trinajstić information content (AvgIpc) is 3.13. The predicted molar refractivity (Wildman–Crippen MR) is 97.1 cm³/mol. The van der Waals surface area contributed by atoms with Crippen molar-refractivity contribution < 1.29 is 19.4 Å². The minimum atomic E-state index is -1.11. The van der Waals surface area contributed by atoms with Gasteiger partial charge in [-0.25, -0.2) is 14.3 Å². The molecule has 0 aliphatic carbocycles. The fourth-order valence-corrected chi connectivity index (χ4v) is 3.15. The highest BCUT2D eigenvalue weighted by Gasteiger charge is 2.45. The molecule has 1 aliphatic heterocycles. The van der Waals surface area contributed by atoms with Crippen LogP contribution in [0.1, 0.15) is 51.8 Å². The quantitative estimate of drug-likeness (QED) is 0.798. The van der Waals surface area contributed by atoms with Crippen molar-refractivity contribution in [1.82, 2.24) is 14.7 Å². The average molecular weight is 373 g/mol. The summed E-state index contributed by atoms with van der Waals surface area (Å²) in [6, 6.07) is 1.98. The second-order valence-corrected chi connectivity index (χ2v) is 7.51. The molecule has 1 atom stereocenters. The van der Waals surface area contributed by atoms with E-state index in [0.717, 1.165) is 4.90 Å². The van der Waals surface area contributed by atoms with Crippen molar-refractivity contribution in [3.63, 3.8) is 0 Å². The number of aromatic nitrogens is 2. The van der Waals surface area contributed by atoms with Crippen molar-refractivity contribution in [3.05, 3.63) is 11.3 Å². The van der Waals surface area contributed by atoms with E-state index in [9.17, 15) is 20.0 Å². The molecule has 9 heteroatoms. The highest BCUT2D eigenvalue weighted by atomic mass is 16.6. The lowest BCUT2D eigenvalue weighted by atomic mass is 10.1. The van der Waals surface area contributed by atoms with Crippen LogP contribution in [0.4, 0.5) is 15.4 Å². The summed E-state index contributed by atoms with van der Waals surface area (Å²) in [6.45, 7) is 7.17. The normalized spacial score (nSPS) is 19.3. The molecule has 144 valence electrons. The summed E-state index contributed by atoms with van der Waals surface area (Å²) in [4.78, 5) is 26.7. The number of carbonyl (C=O) groups is 2. The van der Waals surface area contributed by atoms with E-state index in [2.05, 4.69) is 11.0 Å². The standard InChI is InChI=1S/C18H23N5O4/c1-7-13-12(11-19)14(21(6)16(26)27-17(2,3)4)23(20-13)18(5)9-8-10-22(18)15(24)25/h1H,8-10H2,2-6H3,(H,24,25). The number of nitrogens with zero attached hydrogens (tertiary/aromatic N) is 5. The van der Waals surface area contributed by atoms with Gasteiger partial charge >= 0.3 is 12.2 Å². The van der Waals surface area contributed by atoms with Gasteiger partial charge in [-0.3, -0.25) is 9.80 Å². The van der Waals surface area contributed by atoms with E-state index in [-0.39, 0.29) is 17.1 Å². The van der Waals surface area contributed by atoms with Gasteiger partial charge in [-0.15, -0.1) is 6.42 Å². The maximum absolute atomic E-state index is 12.6. The van der Waals surface area contributed by atoms with E-state index in [1.807, 2.05) is 6.07 Å². The van der Waals surface area contributed by atoms with Gasteiger partial charge in [0.15, 0.2) is 11.5 Å². The Morgan fingerprint density at radius 2 is 2.07 bits per heavy atom. The zero-order valence-corrected chi connectivity index (χ0v) is 16.1. The first-order valence-electron chi connectivity index (χ1n) is 8.43. The van der Waals surface area contributed by atoms with Crippen LogP contribution in [0, 0.1) is 23.7 Å². The van der Waals surface area contributed by atoms with Crippen LogP contribution in [0.5, 0.6) is 0 Å². The number of nitriles is 1. The predicted octanol–water partition coefficient (Wildman–Crippen LogP) is 2.55. The molecule has 2 heterocycles. The second kappa shape index (κ2) is 6.84. The Morgan fingerprint density at radius 3 is 2.56 bits per heavy atom. The van der Waals surface area contributed by atoms with Gasteiger partial charge in [0.05, 0.1) is 0 Å². The lowest BCUT2D eigenvalue weighted by molar-refractivity contribution is 0.0553. The third kappa shape index (κ3) is 3.54. The fourth-order valence-electron chi connectivity index (χ4n) is 3.15. The van der Waals surface area contributed by atoms with Gasteiger partial charge in [0.1, 0.15) is 22.9 Å². The largest absolute Gasteiger partial charge is 0.465 e. The van der Waals surface area contributed by atoms with Crippen LogP contribution in [-0.2, 0) is 10.4 Å². The van der Waals surface area contributed by atoms with Crippen LogP contribution in [0.3, 0.4) is 0 Å². The van der Waals surface area contributed by atoms with Crippen molar-refractivity contribution in [3.8, 4) is 18.4 Å². The number of anilines is 1.